The van der Waals surface area contributed by atoms with Gasteiger partial charge in [0.05, 0.1) is 4.90 Å². The number of anilines is 1. The molecule has 0 unspecified atom stereocenters. The van der Waals surface area contributed by atoms with Crippen molar-refractivity contribution >= 4 is 43.4 Å². The van der Waals surface area contributed by atoms with Gasteiger partial charge in [-0.15, -0.1) is 11.3 Å². The van der Waals surface area contributed by atoms with Gasteiger partial charge in [0.15, 0.2) is 10.9 Å². The molecule has 33 heavy (non-hydrogen) atoms. The van der Waals surface area contributed by atoms with Gasteiger partial charge in [-0.1, -0.05) is 32.0 Å². The fraction of sp³-hybridized carbons (Fsp3) is 0.250. The molecule has 9 heteroatoms. The highest BCUT2D eigenvalue weighted by atomic mass is 32.2. The highest BCUT2D eigenvalue weighted by Gasteiger charge is 2.23. The molecule has 0 aliphatic carbocycles. The molecule has 0 spiro atoms. The van der Waals surface area contributed by atoms with Gasteiger partial charge in [-0.2, -0.15) is 4.31 Å². The molecule has 0 saturated carbocycles. The predicted molar refractivity (Wildman–Crippen MR) is 131 cm³/mol. The fourth-order valence-corrected chi connectivity index (χ4v) is 5.82. The Kier molecular flexibility index (Phi) is 6.92. The highest BCUT2D eigenvalue weighted by molar-refractivity contribution is 7.89. The van der Waals surface area contributed by atoms with Crippen molar-refractivity contribution in [2.45, 2.75) is 31.6 Å². The third kappa shape index (κ3) is 5.00. The lowest BCUT2D eigenvalue weighted by molar-refractivity contribution is 0.102. The fourth-order valence-electron chi connectivity index (χ4n) is 3.50. The normalized spacial score (nSPS) is 11.8. The number of furan rings is 1. The lowest BCUT2D eigenvalue weighted by Gasteiger charge is -2.21. The molecule has 0 fully saturated rings. The zero-order valence-corrected chi connectivity index (χ0v) is 20.1. The Hall–Kier alpha value is -3.01. The van der Waals surface area contributed by atoms with Crippen LogP contribution in [0.1, 0.15) is 37.0 Å². The number of nitrogens with one attached hydrogen (secondary N) is 1. The summed E-state index contributed by atoms with van der Waals surface area (Å²) in [5.74, 6) is 0.273. The third-order valence-electron chi connectivity index (χ3n) is 5.10. The summed E-state index contributed by atoms with van der Waals surface area (Å²) in [5.41, 5.74) is 1.77. The van der Waals surface area contributed by atoms with E-state index in [-0.39, 0.29) is 10.8 Å². The van der Waals surface area contributed by atoms with Crippen LogP contribution in [0.4, 0.5) is 5.13 Å². The maximum absolute atomic E-state index is 12.9. The summed E-state index contributed by atoms with van der Waals surface area (Å²) in [4.78, 5) is 17.3. The topological polar surface area (TPSA) is 92.5 Å². The Morgan fingerprint density at radius 3 is 2.42 bits per heavy atom. The molecule has 0 aliphatic heterocycles. The van der Waals surface area contributed by atoms with Crippen molar-refractivity contribution in [3.05, 3.63) is 65.5 Å². The van der Waals surface area contributed by atoms with E-state index >= 15 is 0 Å². The van der Waals surface area contributed by atoms with E-state index in [1.807, 2.05) is 49.6 Å². The summed E-state index contributed by atoms with van der Waals surface area (Å²) in [6.45, 7) is 4.83. The molecule has 2 heterocycles. The van der Waals surface area contributed by atoms with Crippen LogP contribution in [0.3, 0.4) is 0 Å². The van der Waals surface area contributed by atoms with E-state index in [1.165, 1.54) is 39.9 Å². The van der Waals surface area contributed by atoms with Gasteiger partial charge in [-0.3, -0.25) is 10.1 Å². The average Bonchev–Trinajstić information content (AvgIpc) is 3.46. The first-order chi connectivity index (χ1) is 15.9. The van der Waals surface area contributed by atoms with Crippen molar-refractivity contribution in [1.29, 1.82) is 0 Å². The van der Waals surface area contributed by atoms with E-state index in [2.05, 4.69) is 10.3 Å². The Morgan fingerprint density at radius 1 is 1.06 bits per heavy atom. The molecule has 1 amide bonds. The number of hydrogen-bond donors (Lipinski definition) is 1. The third-order valence-corrected chi connectivity index (χ3v) is 7.77. The van der Waals surface area contributed by atoms with Gasteiger partial charge in [-0.25, -0.2) is 13.4 Å². The molecule has 4 aromatic rings. The molecule has 0 saturated heterocycles. The first kappa shape index (κ1) is 23.2. The number of para-hydroxylation sites is 1. The van der Waals surface area contributed by atoms with E-state index in [1.54, 1.807) is 0 Å². The number of fused-ring (bicyclic) bond motifs is 1. The monoisotopic (exact) mass is 483 g/mol. The summed E-state index contributed by atoms with van der Waals surface area (Å²) in [6, 6.07) is 15.6. The first-order valence-electron chi connectivity index (χ1n) is 10.8. The van der Waals surface area contributed by atoms with Crippen LogP contribution >= 0.6 is 11.3 Å². The molecule has 7 nitrogen and oxygen atoms in total. The molecule has 1 N–H and O–H groups in total. The molecule has 0 aliphatic rings. The number of aromatic nitrogens is 1. The molecular formula is C24H25N3O4S2. The molecule has 2 aromatic carbocycles. The largest absolute Gasteiger partial charge is 0.454 e. The Morgan fingerprint density at radius 2 is 1.76 bits per heavy atom. The quantitative estimate of drug-likeness (QED) is 0.334. The minimum Gasteiger partial charge on any atom is -0.454 e. The van der Waals surface area contributed by atoms with Crippen LogP contribution < -0.4 is 5.32 Å². The second kappa shape index (κ2) is 9.86. The lowest BCUT2D eigenvalue weighted by atomic mass is 10.2. The predicted octanol–water partition coefficient (Wildman–Crippen LogP) is 5.62. The Bertz CT molecular complexity index is 1320. The van der Waals surface area contributed by atoms with Crippen LogP contribution in [0.25, 0.3) is 22.4 Å². The van der Waals surface area contributed by atoms with Crippen molar-refractivity contribution in [3.63, 3.8) is 0 Å². The summed E-state index contributed by atoms with van der Waals surface area (Å²) in [7, 11) is -3.58. The second-order valence-electron chi connectivity index (χ2n) is 7.57. The molecule has 2 aromatic heterocycles. The molecule has 172 valence electrons. The van der Waals surface area contributed by atoms with E-state index in [0.717, 1.165) is 23.8 Å². The van der Waals surface area contributed by atoms with E-state index < -0.39 is 10.0 Å². The van der Waals surface area contributed by atoms with E-state index in [0.29, 0.717) is 35.2 Å². The molecular weight excluding hydrogens is 458 g/mol. The summed E-state index contributed by atoms with van der Waals surface area (Å²) >= 11 is 1.29. The minimum atomic E-state index is -3.58. The SMILES string of the molecule is CCCN(CCC)S(=O)(=O)c1ccc(C(=O)Nc2nc(-c3cc4ccccc4o3)cs2)cc1. The second-order valence-corrected chi connectivity index (χ2v) is 10.4. The number of thiazole rings is 1. The van der Waals surface area contributed by atoms with Crippen LogP contribution in [-0.2, 0) is 10.0 Å². The number of sulfonamides is 1. The average molecular weight is 484 g/mol. The number of benzene rings is 2. The van der Waals surface area contributed by atoms with E-state index in [4.69, 9.17) is 4.42 Å². The van der Waals surface area contributed by atoms with Crippen molar-refractivity contribution in [1.82, 2.24) is 9.29 Å². The molecule has 4 rings (SSSR count). The van der Waals surface area contributed by atoms with Crippen molar-refractivity contribution in [2.75, 3.05) is 18.4 Å². The van der Waals surface area contributed by atoms with Gasteiger partial charge in [0.2, 0.25) is 10.0 Å². The maximum Gasteiger partial charge on any atom is 0.257 e. The zero-order valence-electron chi connectivity index (χ0n) is 18.4. The number of carbonyl (C=O) groups is 1. The van der Waals surface area contributed by atoms with Gasteiger partial charge in [0, 0.05) is 29.4 Å². The van der Waals surface area contributed by atoms with Gasteiger partial charge >= 0.3 is 0 Å². The smallest absolute Gasteiger partial charge is 0.257 e. The number of rotatable bonds is 9. The number of carbonyl (C=O) groups excluding carboxylic acids is 1. The number of nitrogens with zero attached hydrogens (tertiary/aromatic N) is 2. The maximum atomic E-state index is 12.9. The molecule has 0 bridgehead atoms. The van der Waals surface area contributed by atoms with Crippen molar-refractivity contribution in [2.24, 2.45) is 0 Å². The van der Waals surface area contributed by atoms with Crippen molar-refractivity contribution in [3.8, 4) is 11.5 Å². The van der Waals surface area contributed by atoms with Gasteiger partial charge in [0.25, 0.3) is 5.91 Å². The summed E-state index contributed by atoms with van der Waals surface area (Å²) < 4.78 is 33.1. The van der Waals surface area contributed by atoms with Gasteiger partial charge in [0.1, 0.15) is 11.3 Å². The standard InChI is InChI=1S/C24H25N3O4S2/c1-3-13-27(14-4-2)33(29,30)19-11-9-17(10-12-19)23(28)26-24-25-20(16-32-24)22-15-18-7-5-6-8-21(18)31-22/h5-12,15-16H,3-4,13-14H2,1-2H3,(H,25,26,28). The minimum absolute atomic E-state index is 0.183. The van der Waals surface area contributed by atoms with Crippen molar-refractivity contribution < 1.29 is 17.6 Å². The van der Waals surface area contributed by atoms with Crippen LogP contribution in [0, 0.1) is 0 Å². The summed E-state index contributed by atoms with van der Waals surface area (Å²) in [6.07, 6.45) is 1.48. The van der Waals surface area contributed by atoms with Crippen LogP contribution in [-0.4, -0.2) is 36.7 Å². The Balaban J connectivity index is 1.47. The summed E-state index contributed by atoms with van der Waals surface area (Å²) in [5, 5.41) is 6.01. The van der Waals surface area contributed by atoms with Crippen LogP contribution in [0.2, 0.25) is 0 Å². The molecule has 0 radical (unpaired) electrons. The number of hydrogen-bond acceptors (Lipinski definition) is 6. The van der Waals surface area contributed by atoms with Gasteiger partial charge < -0.3 is 4.42 Å². The van der Waals surface area contributed by atoms with Gasteiger partial charge in [-0.05, 0) is 49.2 Å². The van der Waals surface area contributed by atoms with E-state index in [9.17, 15) is 13.2 Å². The first-order valence-corrected chi connectivity index (χ1v) is 13.1. The molecule has 0 atom stereocenters. The van der Waals surface area contributed by atoms with Crippen LogP contribution in [0.15, 0.2) is 69.3 Å². The van der Waals surface area contributed by atoms with Crippen LogP contribution in [0.5, 0.6) is 0 Å². The zero-order chi connectivity index (χ0) is 23.4. The lowest BCUT2D eigenvalue weighted by Crippen LogP contribution is -2.32. The number of amides is 1. The highest BCUT2D eigenvalue weighted by Crippen LogP contribution is 2.30. The Labute approximate surface area is 197 Å².